The van der Waals surface area contributed by atoms with Crippen LogP contribution in [0.25, 0.3) is 0 Å². The molecule has 3 heteroatoms. The topological polar surface area (TPSA) is 24.5 Å². The van der Waals surface area contributed by atoms with Crippen molar-refractivity contribution in [2.45, 2.75) is 5.54 Å². The van der Waals surface area contributed by atoms with Gasteiger partial charge in [0.2, 0.25) is 0 Å². The summed E-state index contributed by atoms with van der Waals surface area (Å²) < 4.78 is 5.17. The highest BCUT2D eigenvalue weighted by atomic mass is 16.5. The molecule has 1 spiro atoms. The van der Waals surface area contributed by atoms with Gasteiger partial charge in [-0.25, -0.2) is 0 Å². The van der Waals surface area contributed by atoms with Crippen molar-refractivity contribution in [1.29, 1.82) is 0 Å². The van der Waals surface area contributed by atoms with Gasteiger partial charge in [0.1, 0.15) is 0 Å². The van der Waals surface area contributed by atoms with Gasteiger partial charge in [0.15, 0.2) is 0 Å². The highest BCUT2D eigenvalue weighted by Gasteiger charge is 2.40. The number of nitrogens with one attached hydrogen (secondary N) is 1. The quantitative estimate of drug-likeness (QED) is 0.483. The molecular formula is C7H14N2O. The van der Waals surface area contributed by atoms with Gasteiger partial charge in [-0.2, -0.15) is 0 Å². The van der Waals surface area contributed by atoms with E-state index < -0.39 is 0 Å². The maximum Gasteiger partial charge on any atom is 0.0782 e. The summed E-state index contributed by atoms with van der Waals surface area (Å²) in [7, 11) is 2.17. The minimum atomic E-state index is 0.326. The third-order valence-electron chi connectivity index (χ3n) is 2.32. The number of rotatable bonds is 0. The summed E-state index contributed by atoms with van der Waals surface area (Å²) in [5.74, 6) is 0. The van der Waals surface area contributed by atoms with E-state index in [2.05, 4.69) is 17.3 Å². The maximum atomic E-state index is 5.17. The van der Waals surface area contributed by atoms with Crippen molar-refractivity contribution in [1.82, 2.24) is 10.2 Å². The van der Waals surface area contributed by atoms with Crippen molar-refractivity contribution in [2.24, 2.45) is 0 Å². The van der Waals surface area contributed by atoms with Gasteiger partial charge in [-0.05, 0) is 7.05 Å². The van der Waals surface area contributed by atoms with Crippen molar-refractivity contribution >= 4 is 0 Å². The van der Waals surface area contributed by atoms with E-state index in [0.717, 1.165) is 26.3 Å². The van der Waals surface area contributed by atoms with E-state index in [9.17, 15) is 0 Å². The van der Waals surface area contributed by atoms with Crippen molar-refractivity contribution in [3.8, 4) is 0 Å². The van der Waals surface area contributed by atoms with Crippen molar-refractivity contribution in [3.05, 3.63) is 0 Å². The molecule has 10 heavy (non-hydrogen) atoms. The standard InChI is InChI=1S/C7H14N2O/c1-9-3-2-8-7(4-9)5-10-6-7/h8H,2-6H2,1H3. The van der Waals surface area contributed by atoms with Crippen LogP contribution in [-0.2, 0) is 4.74 Å². The van der Waals surface area contributed by atoms with Crippen LogP contribution in [0.1, 0.15) is 0 Å². The van der Waals surface area contributed by atoms with Gasteiger partial charge in [0.25, 0.3) is 0 Å². The summed E-state index contributed by atoms with van der Waals surface area (Å²) in [6, 6.07) is 0. The van der Waals surface area contributed by atoms with Crippen LogP contribution in [0, 0.1) is 0 Å². The zero-order valence-electron chi connectivity index (χ0n) is 6.39. The Morgan fingerprint density at radius 2 is 2.30 bits per heavy atom. The molecule has 2 aliphatic heterocycles. The Kier molecular flexibility index (Phi) is 1.44. The molecule has 2 saturated heterocycles. The SMILES string of the molecule is CN1CCNC2(COC2)C1. The number of hydrogen-bond donors (Lipinski definition) is 1. The Balaban J connectivity index is 1.96. The molecule has 3 nitrogen and oxygen atoms in total. The van der Waals surface area contributed by atoms with Gasteiger partial charge in [0.05, 0.1) is 18.8 Å². The Labute approximate surface area is 61.3 Å². The van der Waals surface area contributed by atoms with E-state index in [-0.39, 0.29) is 0 Å². The normalized spacial score (nSPS) is 32.1. The fourth-order valence-corrected chi connectivity index (χ4v) is 1.71. The highest BCUT2D eigenvalue weighted by Crippen LogP contribution is 2.19. The summed E-state index contributed by atoms with van der Waals surface area (Å²) in [6.07, 6.45) is 0. The molecule has 0 aliphatic carbocycles. The van der Waals surface area contributed by atoms with Gasteiger partial charge < -0.3 is 15.0 Å². The largest absolute Gasteiger partial charge is 0.377 e. The molecule has 0 saturated carbocycles. The van der Waals surface area contributed by atoms with Crippen LogP contribution in [0.3, 0.4) is 0 Å². The van der Waals surface area contributed by atoms with Gasteiger partial charge in [-0.1, -0.05) is 0 Å². The lowest BCUT2D eigenvalue weighted by Gasteiger charge is -2.47. The second-order valence-electron chi connectivity index (χ2n) is 3.44. The molecule has 2 aliphatic rings. The Morgan fingerprint density at radius 3 is 2.70 bits per heavy atom. The molecule has 2 fully saturated rings. The monoisotopic (exact) mass is 142 g/mol. The first-order valence-electron chi connectivity index (χ1n) is 3.82. The molecule has 2 heterocycles. The van der Waals surface area contributed by atoms with Crippen molar-refractivity contribution < 1.29 is 4.74 Å². The lowest BCUT2D eigenvalue weighted by molar-refractivity contribution is -0.0968. The molecule has 0 aromatic carbocycles. The first-order chi connectivity index (χ1) is 4.81. The van der Waals surface area contributed by atoms with E-state index in [1.165, 1.54) is 6.54 Å². The Bertz CT molecular complexity index is 134. The molecular weight excluding hydrogens is 128 g/mol. The first-order valence-corrected chi connectivity index (χ1v) is 3.82. The van der Waals surface area contributed by atoms with E-state index >= 15 is 0 Å². The summed E-state index contributed by atoms with van der Waals surface area (Å²) >= 11 is 0. The van der Waals surface area contributed by atoms with Gasteiger partial charge in [-0.3, -0.25) is 0 Å². The Morgan fingerprint density at radius 1 is 1.50 bits per heavy atom. The predicted octanol–water partition coefficient (Wildman–Crippen LogP) is -0.710. The molecule has 1 N–H and O–H groups in total. The van der Waals surface area contributed by atoms with E-state index in [4.69, 9.17) is 4.74 Å². The summed E-state index contributed by atoms with van der Waals surface area (Å²) in [4.78, 5) is 2.36. The second-order valence-corrected chi connectivity index (χ2v) is 3.44. The first kappa shape index (κ1) is 6.58. The fraction of sp³-hybridized carbons (Fsp3) is 1.00. The third kappa shape index (κ3) is 0.944. The van der Waals surface area contributed by atoms with Gasteiger partial charge in [0, 0.05) is 19.6 Å². The third-order valence-corrected chi connectivity index (χ3v) is 2.32. The molecule has 0 atom stereocenters. The van der Waals surface area contributed by atoms with Crippen molar-refractivity contribution in [3.63, 3.8) is 0 Å². The molecule has 0 unspecified atom stereocenters. The maximum absolute atomic E-state index is 5.17. The highest BCUT2D eigenvalue weighted by molar-refractivity contribution is 4.99. The van der Waals surface area contributed by atoms with Crippen LogP contribution in [0.15, 0.2) is 0 Å². The zero-order chi connectivity index (χ0) is 7.03. The molecule has 0 aromatic rings. The van der Waals surface area contributed by atoms with Crippen LogP contribution in [0.2, 0.25) is 0 Å². The lowest BCUT2D eigenvalue weighted by Crippen LogP contribution is -2.69. The smallest absolute Gasteiger partial charge is 0.0782 e. The summed E-state index contributed by atoms with van der Waals surface area (Å²) in [6.45, 7) is 5.23. The number of likely N-dealkylation sites (N-methyl/N-ethyl adjacent to an activating group) is 1. The second kappa shape index (κ2) is 2.19. The number of hydrogen-bond acceptors (Lipinski definition) is 3. The predicted molar refractivity (Wildman–Crippen MR) is 39.0 cm³/mol. The molecule has 0 aromatic heterocycles. The van der Waals surface area contributed by atoms with Crippen molar-refractivity contribution in [2.75, 3.05) is 39.9 Å². The van der Waals surface area contributed by atoms with Crippen LogP contribution in [0.5, 0.6) is 0 Å². The molecule has 2 rings (SSSR count). The molecule has 58 valence electrons. The summed E-state index contributed by atoms with van der Waals surface area (Å²) in [5, 5.41) is 3.50. The molecule has 0 bridgehead atoms. The molecule has 0 amide bonds. The van der Waals surface area contributed by atoms with Crippen LogP contribution in [0.4, 0.5) is 0 Å². The Hall–Kier alpha value is -0.120. The van der Waals surface area contributed by atoms with Crippen LogP contribution in [-0.4, -0.2) is 50.3 Å². The number of piperazine rings is 1. The molecule has 0 radical (unpaired) electrons. The minimum absolute atomic E-state index is 0.326. The lowest BCUT2D eigenvalue weighted by atomic mass is 9.95. The number of ether oxygens (including phenoxy) is 1. The minimum Gasteiger partial charge on any atom is -0.377 e. The average molecular weight is 142 g/mol. The van der Waals surface area contributed by atoms with E-state index in [0.29, 0.717) is 5.54 Å². The van der Waals surface area contributed by atoms with E-state index in [1.54, 1.807) is 0 Å². The summed E-state index contributed by atoms with van der Waals surface area (Å²) in [5.41, 5.74) is 0.326. The fourth-order valence-electron chi connectivity index (χ4n) is 1.71. The van der Waals surface area contributed by atoms with E-state index in [1.807, 2.05) is 0 Å². The average Bonchev–Trinajstić information content (AvgIpc) is 1.85. The van der Waals surface area contributed by atoms with Crippen LogP contribution < -0.4 is 5.32 Å². The zero-order valence-corrected chi connectivity index (χ0v) is 6.39. The van der Waals surface area contributed by atoms with Gasteiger partial charge in [-0.15, -0.1) is 0 Å². The van der Waals surface area contributed by atoms with Gasteiger partial charge >= 0.3 is 0 Å². The number of nitrogens with zero attached hydrogens (tertiary/aromatic N) is 1. The van der Waals surface area contributed by atoms with Crippen LogP contribution >= 0.6 is 0 Å².